The molecule has 6 aromatic rings. The molecule has 2 aliphatic heterocycles. The number of carbonyl (C=O) groups excluding carboxylic acids is 2. The first kappa shape index (κ1) is 61.0. The quantitative estimate of drug-likeness (QED) is 0.0247. The Morgan fingerprint density at radius 2 is 1.14 bits per heavy atom. The molecule has 6 heterocycles. The fourth-order valence-corrected chi connectivity index (χ4v) is 12.3. The largest absolute Gasteiger partial charge is 0.491 e. The lowest BCUT2D eigenvalue weighted by atomic mass is 9.77. The van der Waals surface area contributed by atoms with Crippen LogP contribution in [-0.2, 0) is 9.59 Å². The molecule has 2 saturated carbocycles. The molecule has 4 fully saturated rings. The number of halogens is 8. The minimum absolute atomic E-state index is 0.0486. The molecular formula is C56H58Cl2F6N12O6S2. The van der Waals surface area contributed by atoms with E-state index in [2.05, 4.69) is 51.6 Å². The number of nitrogens with one attached hydrogen (secondary N) is 4. The van der Waals surface area contributed by atoms with Gasteiger partial charge in [-0.1, -0.05) is 23.2 Å². The maximum Gasteiger partial charge on any atom is 0.256 e. The van der Waals surface area contributed by atoms with Crippen molar-refractivity contribution in [2.24, 2.45) is 23.7 Å². The third-order valence-corrected chi connectivity index (χ3v) is 17.9. The van der Waals surface area contributed by atoms with E-state index in [1.54, 1.807) is 30.3 Å². The van der Waals surface area contributed by atoms with Gasteiger partial charge < -0.3 is 41.3 Å². The summed E-state index contributed by atoms with van der Waals surface area (Å²) in [5, 5.41) is 58.7. The van der Waals surface area contributed by atoms with E-state index < -0.39 is 60.9 Å². The second kappa shape index (κ2) is 26.7. The molecule has 0 radical (unpaired) electrons. The average molecular weight is 1240 g/mol. The number of piperidine rings is 2. The van der Waals surface area contributed by atoms with E-state index in [0.29, 0.717) is 69.3 Å². The Morgan fingerprint density at radius 1 is 0.643 bits per heavy atom. The molecule has 2 saturated heterocycles. The first-order valence-corrected chi connectivity index (χ1v) is 29.8. The standard InChI is InChI=1S/C56H58Cl2F6N12O6S2/c57-34-1-2-42(59)39(19-34)44-24-46(53(73-71-44)83-13-11-77)67-35-3-7-65-49(20-35)70-52(81)31-17-38(18-31)76-10-6-56(63,64)33(27-76)29-82-48-23-43(60)40(22-41(48)58)45-25-47(54(74-72-45)84-14-12-78)68-36-4-8-66-50(21-36)69-51(80)30-15-37(16-30)75-9-5-55(61,62)32(26-75)28-79/h1-4,7-8,19-25,30-33,37-38,77-79H,5-6,9-18,26-29H2,(H2,65,67,70,71,81)(H2,66,68,69,72,80). The van der Waals surface area contributed by atoms with Crippen molar-refractivity contribution in [3.8, 4) is 28.3 Å². The molecule has 2 aliphatic carbocycles. The number of ether oxygens (including phenoxy) is 1. The maximum absolute atomic E-state index is 16.1. The number of aliphatic hydroxyl groups excluding tert-OH is 3. The zero-order chi connectivity index (χ0) is 59.3. The SMILES string of the molecule is O=C(Nc1cc(Nc2cc(-c3cc(Cl)c(OCC4CN(C5CC(C(=O)Nc6cc(Nc7cc(-c8cc(Cl)ccc8F)nnc7SCCO)ccn6)C5)CCC4(F)F)cc3F)nnc2SCCO)ccn1)C1CC(N2CCC(F)(F)C(CO)C2)C1. The van der Waals surface area contributed by atoms with Gasteiger partial charge in [-0.15, -0.1) is 43.9 Å². The number of benzene rings is 2. The maximum atomic E-state index is 16.1. The van der Waals surface area contributed by atoms with Crippen molar-refractivity contribution in [3.05, 3.63) is 101 Å². The van der Waals surface area contributed by atoms with Gasteiger partial charge in [0.25, 0.3) is 11.8 Å². The average Bonchev–Trinajstić information content (AvgIpc) is 1.94. The molecule has 18 nitrogen and oxygen atoms in total. The van der Waals surface area contributed by atoms with Crippen LogP contribution >= 0.6 is 46.7 Å². The lowest BCUT2D eigenvalue weighted by molar-refractivity contribution is -0.140. The van der Waals surface area contributed by atoms with Crippen molar-refractivity contribution in [2.45, 2.75) is 72.5 Å². The molecule has 2 amide bonds. The Bertz CT molecular complexity index is 3360. The first-order chi connectivity index (χ1) is 40.4. The molecule has 10 rings (SSSR count). The van der Waals surface area contributed by atoms with Crippen LogP contribution in [0.4, 0.5) is 60.7 Å². The van der Waals surface area contributed by atoms with Crippen molar-refractivity contribution in [1.82, 2.24) is 40.2 Å². The molecule has 2 unspecified atom stereocenters. The van der Waals surface area contributed by atoms with E-state index in [1.807, 2.05) is 9.80 Å². The van der Waals surface area contributed by atoms with E-state index in [-0.39, 0.29) is 126 Å². The van der Waals surface area contributed by atoms with E-state index in [1.165, 1.54) is 66.2 Å². The molecule has 0 bridgehead atoms. The molecule has 28 heteroatoms. The van der Waals surface area contributed by atoms with Gasteiger partial charge in [0.2, 0.25) is 11.8 Å². The van der Waals surface area contributed by atoms with E-state index >= 15 is 13.2 Å². The minimum atomic E-state index is -3.12. The fraction of sp³-hybridized carbons (Fsp3) is 0.429. The fourth-order valence-electron chi connectivity index (χ4n) is 10.6. The monoisotopic (exact) mass is 1240 g/mol. The lowest BCUT2D eigenvalue weighted by Crippen LogP contribution is -2.56. The number of carbonyl (C=O) groups is 2. The Hall–Kier alpha value is -6.10. The van der Waals surface area contributed by atoms with Crippen LogP contribution in [0.5, 0.6) is 5.75 Å². The molecule has 4 aliphatic rings. The highest BCUT2D eigenvalue weighted by Gasteiger charge is 2.50. The Balaban J connectivity index is 0.730. The predicted molar refractivity (Wildman–Crippen MR) is 308 cm³/mol. The van der Waals surface area contributed by atoms with E-state index in [4.69, 9.17) is 27.9 Å². The number of aliphatic hydroxyl groups is 3. The first-order valence-electron chi connectivity index (χ1n) is 27.1. The minimum Gasteiger partial charge on any atom is -0.491 e. The molecule has 0 spiro atoms. The number of thioether (sulfide) groups is 2. The Kier molecular flexibility index (Phi) is 19.4. The van der Waals surface area contributed by atoms with Crippen molar-refractivity contribution in [3.63, 3.8) is 0 Å². The number of hydrogen-bond donors (Lipinski definition) is 7. The van der Waals surface area contributed by atoms with Crippen LogP contribution in [0.2, 0.25) is 10.0 Å². The summed E-state index contributed by atoms with van der Waals surface area (Å²) >= 11 is 15.2. The van der Waals surface area contributed by atoms with Crippen LogP contribution in [-0.4, -0.2) is 155 Å². The number of aromatic nitrogens is 6. The van der Waals surface area contributed by atoms with Crippen LogP contribution in [0, 0.1) is 35.3 Å². The van der Waals surface area contributed by atoms with Crippen LogP contribution in [0.3, 0.4) is 0 Å². The van der Waals surface area contributed by atoms with Gasteiger partial charge in [0.05, 0.1) is 66.0 Å². The van der Waals surface area contributed by atoms with Crippen LogP contribution in [0.1, 0.15) is 38.5 Å². The van der Waals surface area contributed by atoms with Gasteiger partial charge in [0.1, 0.15) is 39.1 Å². The smallest absolute Gasteiger partial charge is 0.256 e. The van der Waals surface area contributed by atoms with Crippen molar-refractivity contribution in [1.29, 1.82) is 0 Å². The van der Waals surface area contributed by atoms with Gasteiger partial charge >= 0.3 is 0 Å². The van der Waals surface area contributed by atoms with Crippen molar-refractivity contribution < 1.29 is 56.0 Å². The molecule has 2 atom stereocenters. The van der Waals surface area contributed by atoms with Gasteiger partial charge in [-0.2, -0.15) is 0 Å². The van der Waals surface area contributed by atoms with E-state index in [9.17, 15) is 38.1 Å². The molecule has 84 heavy (non-hydrogen) atoms. The second-order valence-electron chi connectivity index (χ2n) is 21.1. The summed E-state index contributed by atoms with van der Waals surface area (Å²) in [6, 6.07) is 15.8. The lowest BCUT2D eigenvalue weighted by Gasteiger charge is -2.47. The zero-order valence-corrected chi connectivity index (χ0v) is 47.9. The summed E-state index contributed by atoms with van der Waals surface area (Å²) in [6.07, 6.45) is 3.93. The highest BCUT2D eigenvalue weighted by atomic mass is 35.5. The van der Waals surface area contributed by atoms with Crippen LogP contribution in [0.15, 0.2) is 89.2 Å². The number of rotatable bonds is 22. The van der Waals surface area contributed by atoms with Gasteiger partial charge in [-0.3, -0.25) is 19.4 Å². The number of likely N-dealkylation sites (tertiary alicyclic amines) is 2. The molecule has 4 aromatic heterocycles. The van der Waals surface area contributed by atoms with Crippen molar-refractivity contribution >= 4 is 92.9 Å². The summed E-state index contributed by atoms with van der Waals surface area (Å²) < 4.78 is 96.2. The number of amides is 2. The summed E-state index contributed by atoms with van der Waals surface area (Å²) in [7, 11) is 0. The third-order valence-electron chi connectivity index (χ3n) is 15.5. The van der Waals surface area contributed by atoms with Crippen molar-refractivity contribution in [2.75, 3.05) is 85.4 Å². The Morgan fingerprint density at radius 3 is 1.65 bits per heavy atom. The highest BCUT2D eigenvalue weighted by Crippen LogP contribution is 2.43. The molecule has 7 N–H and O–H groups in total. The van der Waals surface area contributed by atoms with Gasteiger partial charge in [0.15, 0.2) is 0 Å². The zero-order valence-electron chi connectivity index (χ0n) is 44.8. The topological polar surface area (TPSA) is 236 Å². The Labute approximate surface area is 497 Å². The molecule has 446 valence electrons. The summed E-state index contributed by atoms with van der Waals surface area (Å²) in [5.41, 5.74) is 2.14. The molecular weight excluding hydrogens is 1190 g/mol. The molecule has 2 aromatic carbocycles. The number of alkyl halides is 4. The highest BCUT2D eigenvalue weighted by molar-refractivity contribution is 7.99. The number of pyridine rings is 2. The second-order valence-corrected chi connectivity index (χ2v) is 24.1. The predicted octanol–water partition coefficient (Wildman–Crippen LogP) is 10.1. The number of anilines is 6. The van der Waals surface area contributed by atoms with Gasteiger partial charge in [-0.25, -0.2) is 36.3 Å². The van der Waals surface area contributed by atoms with E-state index in [0.717, 1.165) is 6.07 Å². The summed E-state index contributed by atoms with van der Waals surface area (Å²) in [5.74, 6) is -10.3. The van der Waals surface area contributed by atoms with Gasteiger partial charge in [0, 0.05) is 133 Å². The van der Waals surface area contributed by atoms with Gasteiger partial charge in [-0.05, 0) is 74.2 Å². The number of hydrogen-bond acceptors (Lipinski definition) is 18. The summed E-state index contributed by atoms with van der Waals surface area (Å²) in [4.78, 5) is 39.1. The van der Waals surface area contributed by atoms with Crippen LogP contribution in [0.25, 0.3) is 22.5 Å². The normalized spacial score (nSPS) is 22.1. The summed E-state index contributed by atoms with van der Waals surface area (Å²) in [6.45, 7) is -1.11. The third kappa shape index (κ3) is 14.4. The number of nitrogens with zero attached hydrogens (tertiary/aromatic N) is 8. The van der Waals surface area contributed by atoms with Crippen LogP contribution < -0.4 is 26.0 Å².